The maximum atomic E-state index is 13.7. The number of carboxylic acid groups (broad SMARTS) is 1. The second kappa shape index (κ2) is 8.53. The molecule has 1 N–H and O–H groups in total. The molecule has 5 heteroatoms. The van der Waals surface area contributed by atoms with Crippen LogP contribution in [0, 0.1) is 11.3 Å². The minimum absolute atomic E-state index is 0.0457. The lowest BCUT2D eigenvalue weighted by Gasteiger charge is -2.26. The molecule has 5 nitrogen and oxygen atoms in total. The Morgan fingerprint density at radius 3 is 2.41 bits per heavy atom. The number of pyridine rings is 1. The molecule has 0 aliphatic heterocycles. The molecule has 0 atom stereocenters. The van der Waals surface area contributed by atoms with E-state index < -0.39 is 11.4 Å². The molecule has 0 unspecified atom stereocenters. The van der Waals surface area contributed by atoms with Gasteiger partial charge < -0.3 is 9.67 Å². The van der Waals surface area contributed by atoms with Crippen LogP contribution in [0.25, 0.3) is 10.9 Å². The van der Waals surface area contributed by atoms with E-state index in [-0.39, 0.29) is 11.7 Å². The zero-order chi connectivity index (χ0) is 23.0. The SMILES string of the molecule is CC(C)c1ccc2c(c1)c(C(=O)C1CCC1)c(CC(C)(C)C(=O)O)n2Cc1ccncc1. The molecular weight excluding hydrogens is 400 g/mol. The van der Waals surface area contributed by atoms with Gasteiger partial charge in [-0.1, -0.05) is 26.3 Å². The second-order valence-corrected chi connectivity index (χ2v) is 10.1. The van der Waals surface area contributed by atoms with Crippen LogP contribution >= 0.6 is 0 Å². The number of carboxylic acids is 1. The Hall–Kier alpha value is -2.95. The molecule has 0 amide bonds. The number of aromatic nitrogens is 2. The van der Waals surface area contributed by atoms with Crippen LogP contribution in [0.4, 0.5) is 0 Å². The van der Waals surface area contributed by atoms with Gasteiger partial charge in [-0.05, 0) is 68.0 Å². The third kappa shape index (κ3) is 4.08. The highest BCUT2D eigenvalue weighted by Gasteiger charge is 2.36. The molecule has 1 aromatic carbocycles. The first kappa shape index (κ1) is 22.3. The van der Waals surface area contributed by atoms with Crippen LogP contribution in [0.15, 0.2) is 42.7 Å². The molecule has 0 spiro atoms. The number of hydrogen-bond donors (Lipinski definition) is 1. The van der Waals surface area contributed by atoms with Crippen LogP contribution < -0.4 is 0 Å². The summed E-state index contributed by atoms with van der Waals surface area (Å²) >= 11 is 0. The van der Waals surface area contributed by atoms with Gasteiger partial charge in [0.2, 0.25) is 0 Å². The zero-order valence-electron chi connectivity index (χ0n) is 19.4. The molecule has 2 heterocycles. The molecule has 0 bridgehead atoms. The van der Waals surface area contributed by atoms with Gasteiger partial charge in [-0.15, -0.1) is 0 Å². The fraction of sp³-hybridized carbons (Fsp3) is 0.444. The molecule has 4 rings (SSSR count). The number of rotatable bonds is 8. The van der Waals surface area contributed by atoms with Crippen molar-refractivity contribution in [2.75, 3.05) is 0 Å². The van der Waals surface area contributed by atoms with Crippen molar-refractivity contribution >= 4 is 22.7 Å². The third-order valence-corrected chi connectivity index (χ3v) is 6.86. The maximum absolute atomic E-state index is 13.7. The van der Waals surface area contributed by atoms with E-state index in [0.717, 1.165) is 47.0 Å². The van der Waals surface area contributed by atoms with Gasteiger partial charge in [-0.2, -0.15) is 0 Å². The van der Waals surface area contributed by atoms with E-state index >= 15 is 0 Å². The maximum Gasteiger partial charge on any atom is 0.309 e. The quantitative estimate of drug-likeness (QED) is 0.454. The van der Waals surface area contributed by atoms with Gasteiger partial charge in [0.25, 0.3) is 0 Å². The van der Waals surface area contributed by atoms with Crippen LogP contribution in [0.5, 0.6) is 0 Å². The number of hydrogen-bond acceptors (Lipinski definition) is 3. The lowest BCUT2D eigenvalue weighted by Crippen LogP contribution is -2.29. The van der Waals surface area contributed by atoms with Crippen LogP contribution in [0.1, 0.15) is 80.1 Å². The molecule has 2 aromatic heterocycles. The van der Waals surface area contributed by atoms with Crippen LogP contribution in [0.2, 0.25) is 0 Å². The Morgan fingerprint density at radius 2 is 1.84 bits per heavy atom. The lowest BCUT2D eigenvalue weighted by molar-refractivity contribution is -0.146. The summed E-state index contributed by atoms with van der Waals surface area (Å²) in [7, 11) is 0. The number of ketones is 1. The molecular formula is C27H32N2O3. The summed E-state index contributed by atoms with van der Waals surface area (Å²) in [4.78, 5) is 29.8. The highest BCUT2D eigenvalue weighted by atomic mass is 16.4. The molecule has 0 radical (unpaired) electrons. The summed E-state index contributed by atoms with van der Waals surface area (Å²) in [5, 5.41) is 10.8. The first-order valence-electron chi connectivity index (χ1n) is 11.5. The van der Waals surface area contributed by atoms with Crippen molar-refractivity contribution in [1.82, 2.24) is 9.55 Å². The normalized spacial score (nSPS) is 14.7. The van der Waals surface area contributed by atoms with Crippen molar-refractivity contribution < 1.29 is 14.7 Å². The van der Waals surface area contributed by atoms with Gasteiger partial charge in [-0.25, -0.2) is 0 Å². The molecule has 1 aliphatic carbocycles. The minimum Gasteiger partial charge on any atom is -0.481 e. The summed E-state index contributed by atoms with van der Waals surface area (Å²) in [6, 6.07) is 10.3. The van der Waals surface area contributed by atoms with E-state index in [1.54, 1.807) is 26.2 Å². The van der Waals surface area contributed by atoms with Gasteiger partial charge in [0, 0.05) is 53.4 Å². The molecule has 1 saturated carbocycles. The largest absolute Gasteiger partial charge is 0.481 e. The van der Waals surface area contributed by atoms with Crippen molar-refractivity contribution in [3.05, 3.63) is 65.1 Å². The van der Waals surface area contributed by atoms with Crippen LogP contribution in [-0.2, 0) is 17.8 Å². The summed E-state index contributed by atoms with van der Waals surface area (Å²) in [6.45, 7) is 8.35. The Bertz CT molecular complexity index is 1150. The fourth-order valence-electron chi connectivity index (χ4n) is 4.46. The Kier molecular flexibility index (Phi) is 5.93. The van der Waals surface area contributed by atoms with Crippen LogP contribution in [0.3, 0.4) is 0 Å². The Morgan fingerprint density at radius 1 is 1.16 bits per heavy atom. The van der Waals surface area contributed by atoms with Gasteiger partial charge in [0.05, 0.1) is 5.41 Å². The molecule has 3 aromatic rings. The molecule has 0 saturated heterocycles. The highest BCUT2D eigenvalue weighted by Crippen LogP contribution is 2.39. The molecule has 32 heavy (non-hydrogen) atoms. The Labute approximate surface area is 189 Å². The van der Waals surface area contributed by atoms with E-state index in [4.69, 9.17) is 0 Å². The standard InChI is InChI=1S/C27H32N2O3/c1-17(2)20-8-9-22-21(14-20)24(25(30)19-6-5-7-19)23(15-27(3,4)26(31)32)29(22)16-18-10-12-28-13-11-18/h8-14,17,19H,5-7,15-16H2,1-4H3,(H,31,32). The summed E-state index contributed by atoms with van der Waals surface area (Å²) in [6.07, 6.45) is 6.74. The predicted octanol–water partition coefficient (Wildman–Crippen LogP) is 5.84. The zero-order valence-corrected chi connectivity index (χ0v) is 19.4. The molecule has 168 valence electrons. The van der Waals surface area contributed by atoms with E-state index in [9.17, 15) is 14.7 Å². The first-order valence-corrected chi connectivity index (χ1v) is 11.5. The smallest absolute Gasteiger partial charge is 0.309 e. The topological polar surface area (TPSA) is 72.2 Å². The summed E-state index contributed by atoms with van der Waals surface area (Å²) in [5.74, 6) is -0.298. The number of fused-ring (bicyclic) bond motifs is 1. The minimum atomic E-state index is -0.986. The van der Waals surface area contributed by atoms with Crippen molar-refractivity contribution in [3.63, 3.8) is 0 Å². The average molecular weight is 433 g/mol. The Balaban J connectivity index is 1.98. The van der Waals surface area contributed by atoms with E-state index in [1.807, 2.05) is 12.1 Å². The lowest BCUT2D eigenvalue weighted by atomic mass is 9.78. The van der Waals surface area contributed by atoms with Crippen LogP contribution in [-0.4, -0.2) is 26.4 Å². The van der Waals surface area contributed by atoms with Gasteiger partial charge in [0.1, 0.15) is 0 Å². The second-order valence-electron chi connectivity index (χ2n) is 10.1. The van der Waals surface area contributed by atoms with Gasteiger partial charge in [-0.3, -0.25) is 14.6 Å². The number of carbonyl (C=O) groups is 2. The third-order valence-electron chi connectivity index (χ3n) is 6.86. The molecule has 1 aliphatic rings. The van der Waals surface area contributed by atoms with Crippen molar-refractivity contribution in [2.45, 2.75) is 65.8 Å². The number of nitrogens with zero attached hydrogens (tertiary/aromatic N) is 2. The van der Waals surface area contributed by atoms with Crippen molar-refractivity contribution in [3.8, 4) is 0 Å². The van der Waals surface area contributed by atoms with E-state index in [1.165, 1.54) is 5.56 Å². The van der Waals surface area contributed by atoms with Gasteiger partial charge in [0.15, 0.2) is 5.78 Å². The number of benzene rings is 1. The first-order chi connectivity index (χ1) is 15.2. The number of Topliss-reactive ketones (excluding diaryl/α,β-unsaturated/α-hetero) is 1. The van der Waals surface area contributed by atoms with Crippen molar-refractivity contribution in [2.24, 2.45) is 11.3 Å². The number of carbonyl (C=O) groups excluding carboxylic acids is 1. The van der Waals surface area contributed by atoms with E-state index in [0.29, 0.717) is 18.9 Å². The van der Waals surface area contributed by atoms with Gasteiger partial charge >= 0.3 is 5.97 Å². The van der Waals surface area contributed by atoms with E-state index in [2.05, 4.69) is 41.6 Å². The summed E-state index contributed by atoms with van der Waals surface area (Å²) < 4.78 is 2.16. The predicted molar refractivity (Wildman–Crippen MR) is 126 cm³/mol. The highest BCUT2D eigenvalue weighted by molar-refractivity contribution is 6.11. The summed E-state index contributed by atoms with van der Waals surface area (Å²) in [5.41, 5.74) is 3.83. The van der Waals surface area contributed by atoms with Crippen molar-refractivity contribution in [1.29, 1.82) is 0 Å². The fourth-order valence-corrected chi connectivity index (χ4v) is 4.46. The average Bonchev–Trinajstić information content (AvgIpc) is 2.99. The number of aliphatic carboxylic acids is 1. The molecule has 1 fully saturated rings. The monoisotopic (exact) mass is 432 g/mol.